The highest BCUT2D eigenvalue weighted by Crippen LogP contribution is 2.11. The van der Waals surface area contributed by atoms with Gasteiger partial charge in [0.1, 0.15) is 48.3 Å². The van der Waals surface area contributed by atoms with Crippen LogP contribution in [0, 0.1) is 11.8 Å². The van der Waals surface area contributed by atoms with Gasteiger partial charge in [-0.2, -0.15) is 12.6 Å². The summed E-state index contributed by atoms with van der Waals surface area (Å²) in [5.74, 6) is -6.97. The zero-order valence-corrected chi connectivity index (χ0v) is 41.2. The first kappa shape index (κ1) is 61.6. The zero-order chi connectivity index (χ0) is 52.2. The van der Waals surface area contributed by atoms with Crippen molar-refractivity contribution in [2.24, 2.45) is 52.0 Å². The van der Waals surface area contributed by atoms with Gasteiger partial charge in [-0.25, -0.2) is 0 Å². The van der Waals surface area contributed by atoms with Gasteiger partial charge in [0.05, 0.1) is 6.04 Å². The number of carbonyl (C=O) groups excluding carboxylic acids is 9. The molecule has 0 aliphatic rings. The Balaban J connectivity index is 3.41. The molecule has 1 aromatic carbocycles. The second-order valence-electron chi connectivity index (χ2n) is 17.5. The number of hydrogen-bond acceptors (Lipinski definition) is 16. The highest BCUT2D eigenvalue weighted by Gasteiger charge is 2.35. The minimum absolute atomic E-state index is 0.00713. The lowest BCUT2D eigenvalue weighted by atomic mass is 10.00. The molecule has 0 heterocycles. The van der Waals surface area contributed by atoms with Crippen LogP contribution in [0.25, 0.3) is 0 Å². The van der Waals surface area contributed by atoms with Crippen LogP contribution in [0.3, 0.4) is 0 Å². The maximum absolute atomic E-state index is 14.2. The molecule has 0 aromatic heterocycles. The van der Waals surface area contributed by atoms with Crippen LogP contribution in [0.5, 0.6) is 0 Å². The topological polar surface area (TPSA) is 432 Å². The molecule has 0 unspecified atom stereocenters. The fourth-order valence-electron chi connectivity index (χ4n) is 6.92. The third-order valence-electron chi connectivity index (χ3n) is 10.6. The zero-order valence-electron chi connectivity index (χ0n) is 40.3. The first-order valence-corrected chi connectivity index (χ1v) is 23.9. The van der Waals surface area contributed by atoms with Crippen molar-refractivity contribution in [2.75, 3.05) is 38.5 Å². The van der Waals surface area contributed by atoms with Gasteiger partial charge in [0.15, 0.2) is 0 Å². The first-order chi connectivity index (χ1) is 32.7. The van der Waals surface area contributed by atoms with Gasteiger partial charge in [-0.3, -0.25) is 43.2 Å². The molecule has 0 fully saturated rings. The second kappa shape index (κ2) is 33.2. The van der Waals surface area contributed by atoms with Gasteiger partial charge >= 0.3 is 0 Å². The summed E-state index contributed by atoms with van der Waals surface area (Å²) in [7, 11) is 0. The van der Waals surface area contributed by atoms with Crippen molar-refractivity contribution >= 4 is 65.8 Å². The maximum Gasteiger partial charge on any atom is 0.243 e. The van der Waals surface area contributed by atoms with E-state index in [1.807, 2.05) is 13.8 Å². The Morgan fingerprint density at radius 3 is 1.03 bits per heavy atom. The van der Waals surface area contributed by atoms with Gasteiger partial charge in [0.25, 0.3) is 0 Å². The van der Waals surface area contributed by atoms with Crippen LogP contribution < -0.4 is 82.7 Å². The molecule has 0 bridgehead atoms. The minimum Gasteiger partial charge on any atom is -0.368 e. The first-order valence-electron chi connectivity index (χ1n) is 23.3. The molecule has 24 nitrogen and oxygen atoms in total. The van der Waals surface area contributed by atoms with Crippen molar-refractivity contribution in [1.29, 1.82) is 0 Å². The molecule has 0 spiro atoms. The summed E-state index contributed by atoms with van der Waals surface area (Å²) in [6.07, 6.45) is 0.0291. The van der Waals surface area contributed by atoms with Crippen molar-refractivity contribution in [1.82, 2.24) is 42.5 Å². The summed E-state index contributed by atoms with van der Waals surface area (Å²) in [4.78, 5) is 121. The average Bonchev–Trinajstić information content (AvgIpc) is 3.29. The van der Waals surface area contributed by atoms with Crippen LogP contribution in [0.2, 0.25) is 0 Å². The van der Waals surface area contributed by atoms with Crippen LogP contribution in [-0.4, -0.2) is 146 Å². The van der Waals surface area contributed by atoms with Crippen molar-refractivity contribution in [3.8, 4) is 0 Å². The van der Waals surface area contributed by atoms with E-state index in [1.54, 1.807) is 44.2 Å². The van der Waals surface area contributed by atoms with E-state index in [0.717, 1.165) is 0 Å². The average molecular weight is 994 g/mol. The highest BCUT2D eigenvalue weighted by atomic mass is 32.1. The molecule has 25 heteroatoms. The predicted molar refractivity (Wildman–Crippen MR) is 264 cm³/mol. The van der Waals surface area contributed by atoms with Crippen molar-refractivity contribution < 1.29 is 43.2 Å². The van der Waals surface area contributed by atoms with Gasteiger partial charge < -0.3 is 82.7 Å². The lowest BCUT2D eigenvalue weighted by molar-refractivity contribution is -0.136. The van der Waals surface area contributed by atoms with Crippen LogP contribution in [0.4, 0.5) is 0 Å². The van der Waals surface area contributed by atoms with Crippen molar-refractivity contribution in [2.45, 2.75) is 133 Å². The SMILES string of the molecule is CC(C)C[C@H](NC(=O)[C@H](CCN)NC(=O)[C@H](CCN)NC(=O)[C@@H](Cc1ccccc1)NC(=O)[C@H](CC(C)C)NC(=O)[C@H](CCN)NC(=O)[C@H](CCN)NC(=O)[C@@H](CCN)NC(=O)[C@H](N)CS)C(N)=O. The second-order valence-corrected chi connectivity index (χ2v) is 17.9. The molecule has 69 heavy (non-hydrogen) atoms. The van der Waals surface area contributed by atoms with Crippen LogP contribution >= 0.6 is 12.6 Å². The summed E-state index contributed by atoms with van der Waals surface area (Å²) >= 11 is 4.01. The molecule has 1 aromatic rings. The molecule has 9 atom stereocenters. The Morgan fingerprint density at radius 2 is 0.710 bits per heavy atom. The van der Waals surface area contributed by atoms with E-state index in [0.29, 0.717) is 5.56 Å². The van der Waals surface area contributed by atoms with E-state index in [2.05, 4.69) is 55.2 Å². The number of benzene rings is 1. The van der Waals surface area contributed by atoms with Crippen molar-refractivity contribution in [3.63, 3.8) is 0 Å². The van der Waals surface area contributed by atoms with Gasteiger partial charge in [-0.05, 0) is 95.1 Å². The van der Waals surface area contributed by atoms with E-state index in [1.165, 1.54) is 0 Å². The Labute approximate surface area is 410 Å². The normalized spacial score (nSPS) is 15.1. The number of primary amides is 1. The quantitative estimate of drug-likeness (QED) is 0.0287. The molecule has 1 rings (SSSR count). The standard InChI is InChI=1S/C44H79N15O9S/c1-24(2)20-33(36(51)60)57-41(65)31(13-18-48)54-40(64)30(12-17-47)56-44(68)35(22-26-8-6-5-7-9-26)59-43(67)34(21-25(3)4)58-42(66)32(14-19-49)55-39(63)29(11-16-46)53-38(62)28(10-15-45)52-37(61)27(50)23-69/h5-9,24-25,27-35,69H,10-23,45-50H2,1-4H3,(H2,51,60)(H,52,61)(H,53,62)(H,54,64)(H,55,63)(H,56,68)(H,57,65)(H,58,66)(H,59,67)/t27-,28-,29+,30+,31+,32+,33+,34+,35-/m1/s1. The fourth-order valence-corrected chi connectivity index (χ4v) is 7.09. The van der Waals surface area contributed by atoms with Crippen LogP contribution in [0.15, 0.2) is 30.3 Å². The predicted octanol–water partition coefficient (Wildman–Crippen LogP) is -5.31. The lowest BCUT2D eigenvalue weighted by Gasteiger charge is -2.28. The van der Waals surface area contributed by atoms with Crippen molar-refractivity contribution in [3.05, 3.63) is 35.9 Å². The lowest BCUT2D eigenvalue weighted by Crippen LogP contribution is -2.61. The molecule has 0 aliphatic carbocycles. The molecule has 0 saturated carbocycles. The van der Waals surface area contributed by atoms with Gasteiger partial charge in [-0.15, -0.1) is 0 Å². The van der Waals surface area contributed by atoms with E-state index in [-0.39, 0.29) is 102 Å². The van der Waals surface area contributed by atoms with Crippen LogP contribution in [0.1, 0.15) is 78.2 Å². The van der Waals surface area contributed by atoms with E-state index < -0.39 is 108 Å². The number of nitrogens with one attached hydrogen (secondary N) is 8. The number of hydrogen-bond donors (Lipinski definition) is 16. The molecule has 9 amide bonds. The van der Waals surface area contributed by atoms with Gasteiger partial charge in [-0.1, -0.05) is 58.0 Å². The summed E-state index contributed by atoms with van der Waals surface area (Å²) in [6.45, 7) is 7.09. The Kier molecular flexibility index (Phi) is 29.6. The van der Waals surface area contributed by atoms with E-state index >= 15 is 0 Å². The smallest absolute Gasteiger partial charge is 0.243 e. The third kappa shape index (κ3) is 23.1. The molecule has 0 radical (unpaired) electrons. The van der Waals surface area contributed by atoms with E-state index in [9.17, 15) is 43.2 Å². The molecular formula is C44H79N15O9S. The fraction of sp³-hybridized carbons (Fsp3) is 0.659. The van der Waals surface area contributed by atoms with Gasteiger partial charge in [0.2, 0.25) is 53.2 Å². The summed E-state index contributed by atoms with van der Waals surface area (Å²) in [6, 6.07) is -2.14. The Bertz CT molecular complexity index is 1810. The third-order valence-corrected chi connectivity index (χ3v) is 11.0. The molecule has 390 valence electrons. The number of carbonyl (C=O) groups is 9. The molecular weight excluding hydrogens is 915 g/mol. The van der Waals surface area contributed by atoms with E-state index in [4.69, 9.17) is 40.1 Å². The molecule has 22 N–H and O–H groups in total. The highest BCUT2D eigenvalue weighted by molar-refractivity contribution is 7.80. The summed E-state index contributed by atoms with van der Waals surface area (Å²) in [5, 5.41) is 20.9. The number of thiol groups is 1. The monoisotopic (exact) mass is 994 g/mol. The Hall–Kier alpha value is -5.44. The Morgan fingerprint density at radius 1 is 0.435 bits per heavy atom. The number of rotatable bonds is 34. The summed E-state index contributed by atoms with van der Waals surface area (Å²) < 4.78 is 0. The van der Waals surface area contributed by atoms with Gasteiger partial charge in [0, 0.05) is 12.2 Å². The minimum atomic E-state index is -1.32. The molecule has 0 aliphatic heterocycles. The van der Waals surface area contributed by atoms with Crippen LogP contribution in [-0.2, 0) is 49.6 Å². The summed E-state index contributed by atoms with van der Waals surface area (Å²) in [5.41, 5.74) is 40.8. The largest absolute Gasteiger partial charge is 0.368 e. The maximum atomic E-state index is 14.2. The number of nitrogens with two attached hydrogens (primary N) is 7. The number of amides is 9. The molecule has 0 saturated heterocycles.